The third-order valence-corrected chi connectivity index (χ3v) is 5.22. The van der Waals surface area contributed by atoms with E-state index in [4.69, 9.17) is 16.6 Å². The molecule has 2 nitrogen and oxygen atoms in total. The minimum Gasteiger partial charge on any atom is -0.317 e. The predicted octanol–water partition coefficient (Wildman–Crippen LogP) is 5.88. The van der Waals surface area contributed by atoms with Crippen LogP contribution in [0.2, 0.25) is 5.02 Å². The average molecular weight is 361 g/mol. The number of aryl methyl sites for hydroxylation is 2. The van der Waals surface area contributed by atoms with Gasteiger partial charge in [-0.1, -0.05) is 11.6 Å². The number of nitrogens with zero attached hydrogens (tertiary/aromatic N) is 2. The molecule has 3 aromatic rings. The van der Waals surface area contributed by atoms with Crippen LogP contribution in [0.1, 0.15) is 18.1 Å². The Labute approximate surface area is 149 Å². The molecule has 124 valence electrons. The molecule has 0 spiro atoms. The van der Waals surface area contributed by atoms with E-state index in [1.54, 1.807) is 23.5 Å². The molecule has 0 saturated carbocycles. The van der Waals surface area contributed by atoms with Crippen molar-refractivity contribution in [2.45, 2.75) is 27.3 Å². The van der Waals surface area contributed by atoms with Gasteiger partial charge in [0.15, 0.2) is 4.80 Å². The van der Waals surface area contributed by atoms with Gasteiger partial charge in [-0.2, -0.15) is 0 Å². The first-order chi connectivity index (χ1) is 11.5. The Balaban J connectivity index is 2.13. The lowest BCUT2D eigenvalue weighted by molar-refractivity contribution is 0.628. The molecule has 3 rings (SSSR count). The van der Waals surface area contributed by atoms with Crippen LogP contribution < -0.4 is 4.80 Å². The normalized spacial score (nSPS) is 12.0. The van der Waals surface area contributed by atoms with Crippen LogP contribution >= 0.6 is 22.9 Å². The summed E-state index contributed by atoms with van der Waals surface area (Å²) in [6.45, 7) is 6.86. The van der Waals surface area contributed by atoms with E-state index in [1.807, 2.05) is 26.0 Å². The van der Waals surface area contributed by atoms with E-state index < -0.39 is 0 Å². The zero-order valence-corrected chi connectivity index (χ0v) is 15.4. The first kappa shape index (κ1) is 16.9. The highest BCUT2D eigenvalue weighted by atomic mass is 35.5. The molecule has 0 aliphatic carbocycles. The van der Waals surface area contributed by atoms with Crippen LogP contribution in [0.3, 0.4) is 0 Å². The summed E-state index contributed by atoms with van der Waals surface area (Å²) in [4.78, 5) is 5.74. The van der Waals surface area contributed by atoms with Crippen molar-refractivity contribution < 1.29 is 4.39 Å². The largest absolute Gasteiger partial charge is 0.317 e. The second-order valence-corrected chi connectivity index (χ2v) is 6.90. The summed E-state index contributed by atoms with van der Waals surface area (Å²) in [6, 6.07) is 10.5. The molecule has 2 aromatic carbocycles. The van der Waals surface area contributed by atoms with E-state index in [0.717, 1.165) is 44.4 Å². The number of aromatic nitrogens is 1. The van der Waals surface area contributed by atoms with E-state index in [-0.39, 0.29) is 5.82 Å². The summed E-state index contributed by atoms with van der Waals surface area (Å²) in [5, 5.41) is 2.82. The van der Waals surface area contributed by atoms with Crippen LogP contribution in [0.25, 0.3) is 11.3 Å². The summed E-state index contributed by atoms with van der Waals surface area (Å²) < 4.78 is 15.3. The van der Waals surface area contributed by atoms with Gasteiger partial charge in [-0.25, -0.2) is 9.38 Å². The highest BCUT2D eigenvalue weighted by Gasteiger charge is 2.08. The van der Waals surface area contributed by atoms with Gasteiger partial charge in [-0.3, -0.25) is 0 Å². The average Bonchev–Trinajstić information content (AvgIpc) is 2.96. The minimum atomic E-state index is -0.228. The van der Waals surface area contributed by atoms with Crippen LogP contribution in [0.5, 0.6) is 0 Å². The Bertz CT molecular complexity index is 939. The molecule has 0 aliphatic rings. The molecule has 0 amide bonds. The maximum Gasteiger partial charge on any atom is 0.190 e. The van der Waals surface area contributed by atoms with Gasteiger partial charge in [-0.05, 0) is 73.9 Å². The van der Waals surface area contributed by atoms with Gasteiger partial charge < -0.3 is 4.57 Å². The molecule has 0 saturated heterocycles. The quantitative estimate of drug-likeness (QED) is 0.555. The Morgan fingerprint density at radius 2 is 1.83 bits per heavy atom. The van der Waals surface area contributed by atoms with E-state index >= 15 is 0 Å². The fourth-order valence-corrected chi connectivity index (χ4v) is 3.77. The zero-order valence-electron chi connectivity index (χ0n) is 13.8. The standard InChI is InChI=1S/C19H18ClFN2S/c1-4-23-18(14-5-7-15(21)8-6-14)11-24-19(23)22-17-10-12(2)16(20)9-13(17)3/h5-11H,4H2,1-3H3. The summed E-state index contributed by atoms with van der Waals surface area (Å²) in [6.07, 6.45) is 0. The molecule has 0 bridgehead atoms. The van der Waals surface area contributed by atoms with Crippen LogP contribution in [0.4, 0.5) is 10.1 Å². The van der Waals surface area contributed by atoms with E-state index in [1.165, 1.54) is 12.1 Å². The SMILES string of the molecule is CCn1c(-c2ccc(F)cc2)csc1=Nc1cc(C)c(Cl)cc1C. The Hall–Kier alpha value is -1.91. The second kappa shape index (κ2) is 6.91. The minimum absolute atomic E-state index is 0.228. The fourth-order valence-electron chi connectivity index (χ4n) is 2.56. The maximum atomic E-state index is 13.2. The molecule has 0 aliphatic heterocycles. The van der Waals surface area contributed by atoms with Crippen LogP contribution in [0, 0.1) is 19.7 Å². The molecular formula is C19H18ClFN2S. The van der Waals surface area contributed by atoms with Crippen molar-refractivity contribution >= 4 is 28.6 Å². The molecular weight excluding hydrogens is 343 g/mol. The van der Waals surface area contributed by atoms with Crippen molar-refractivity contribution in [3.8, 4) is 11.3 Å². The number of thiazole rings is 1. The third kappa shape index (κ3) is 3.30. The summed E-state index contributed by atoms with van der Waals surface area (Å²) in [5.41, 5.74) is 5.01. The zero-order chi connectivity index (χ0) is 17.3. The maximum absolute atomic E-state index is 13.2. The van der Waals surface area contributed by atoms with Crippen molar-refractivity contribution in [3.05, 3.63) is 68.5 Å². The number of hydrogen-bond donors (Lipinski definition) is 0. The van der Waals surface area contributed by atoms with Gasteiger partial charge in [-0.15, -0.1) is 11.3 Å². The lowest BCUT2D eigenvalue weighted by Crippen LogP contribution is -2.14. The highest BCUT2D eigenvalue weighted by molar-refractivity contribution is 7.07. The molecule has 5 heteroatoms. The van der Waals surface area contributed by atoms with E-state index in [9.17, 15) is 4.39 Å². The molecule has 1 aromatic heterocycles. The van der Waals surface area contributed by atoms with E-state index in [2.05, 4.69) is 16.9 Å². The number of rotatable bonds is 3. The van der Waals surface area contributed by atoms with Crippen molar-refractivity contribution in [3.63, 3.8) is 0 Å². The van der Waals surface area contributed by atoms with Gasteiger partial charge in [0.2, 0.25) is 0 Å². The molecule has 1 heterocycles. The second-order valence-electron chi connectivity index (χ2n) is 5.65. The lowest BCUT2D eigenvalue weighted by Gasteiger charge is -2.07. The van der Waals surface area contributed by atoms with Gasteiger partial charge in [0.25, 0.3) is 0 Å². The van der Waals surface area contributed by atoms with Crippen LogP contribution in [-0.2, 0) is 6.54 Å². The molecule has 0 atom stereocenters. The number of benzene rings is 2. The Kier molecular flexibility index (Phi) is 4.88. The lowest BCUT2D eigenvalue weighted by atomic mass is 10.1. The van der Waals surface area contributed by atoms with Gasteiger partial charge in [0, 0.05) is 16.9 Å². The predicted molar refractivity (Wildman–Crippen MR) is 99.5 cm³/mol. The van der Waals surface area contributed by atoms with Crippen molar-refractivity contribution in [1.82, 2.24) is 4.57 Å². The monoisotopic (exact) mass is 360 g/mol. The smallest absolute Gasteiger partial charge is 0.190 e. The molecule has 0 fully saturated rings. The topological polar surface area (TPSA) is 17.3 Å². The first-order valence-electron chi connectivity index (χ1n) is 7.75. The van der Waals surface area contributed by atoms with Crippen molar-refractivity contribution in [2.24, 2.45) is 4.99 Å². The molecule has 0 unspecified atom stereocenters. The van der Waals surface area contributed by atoms with Crippen LogP contribution in [-0.4, -0.2) is 4.57 Å². The summed E-state index contributed by atoms with van der Waals surface area (Å²) >= 11 is 7.75. The Morgan fingerprint density at radius 1 is 1.12 bits per heavy atom. The fraction of sp³-hybridized carbons (Fsp3) is 0.211. The van der Waals surface area contributed by atoms with Gasteiger partial charge in [0.1, 0.15) is 5.82 Å². The first-order valence-corrected chi connectivity index (χ1v) is 9.01. The third-order valence-electron chi connectivity index (χ3n) is 3.95. The van der Waals surface area contributed by atoms with E-state index in [0.29, 0.717) is 0 Å². The molecule has 0 N–H and O–H groups in total. The molecule has 24 heavy (non-hydrogen) atoms. The summed E-state index contributed by atoms with van der Waals surface area (Å²) in [5.74, 6) is -0.228. The number of halogens is 2. The van der Waals surface area contributed by atoms with Gasteiger partial charge >= 0.3 is 0 Å². The number of hydrogen-bond acceptors (Lipinski definition) is 2. The Morgan fingerprint density at radius 3 is 2.50 bits per heavy atom. The van der Waals surface area contributed by atoms with Gasteiger partial charge in [0.05, 0.1) is 11.4 Å². The summed E-state index contributed by atoms with van der Waals surface area (Å²) in [7, 11) is 0. The van der Waals surface area contributed by atoms with Crippen molar-refractivity contribution in [2.75, 3.05) is 0 Å². The van der Waals surface area contributed by atoms with Crippen LogP contribution in [0.15, 0.2) is 46.8 Å². The van der Waals surface area contributed by atoms with Crippen molar-refractivity contribution in [1.29, 1.82) is 0 Å². The highest BCUT2D eigenvalue weighted by Crippen LogP contribution is 2.27. The molecule has 0 radical (unpaired) electrons.